The molecule has 1 N–H and O–H groups in total. The Morgan fingerprint density at radius 1 is 1.39 bits per heavy atom. The Balaban J connectivity index is 1.85. The van der Waals surface area contributed by atoms with Crippen molar-refractivity contribution in [3.8, 4) is 0 Å². The molecule has 0 aliphatic heterocycles. The third-order valence-electron chi connectivity index (χ3n) is 3.03. The second-order valence-corrected chi connectivity index (χ2v) is 5.23. The van der Waals surface area contributed by atoms with E-state index in [1.807, 2.05) is 19.3 Å². The fourth-order valence-corrected chi connectivity index (χ4v) is 2.66. The van der Waals surface area contributed by atoms with Crippen LogP contribution in [0.2, 0.25) is 0 Å². The molecule has 1 atom stereocenters. The summed E-state index contributed by atoms with van der Waals surface area (Å²) in [4.78, 5) is 13.1. The zero-order chi connectivity index (χ0) is 13.0. The Labute approximate surface area is 111 Å². The normalized spacial score (nSPS) is 12.8. The minimum atomic E-state index is 0.0723. The predicted molar refractivity (Wildman–Crippen MR) is 75.1 cm³/mol. The smallest absolute Gasteiger partial charge is 0.308 e. The molecule has 0 spiro atoms. The lowest BCUT2D eigenvalue weighted by Crippen LogP contribution is -2.29. The van der Waals surface area contributed by atoms with Crippen molar-refractivity contribution in [3.05, 3.63) is 45.3 Å². The van der Waals surface area contributed by atoms with Gasteiger partial charge in [0.2, 0.25) is 0 Å². The maximum atomic E-state index is 11.8. The van der Waals surface area contributed by atoms with Gasteiger partial charge < -0.3 is 5.32 Å². The third kappa shape index (κ3) is 2.91. The van der Waals surface area contributed by atoms with Crippen molar-refractivity contribution < 1.29 is 0 Å². The van der Waals surface area contributed by atoms with Crippen LogP contribution < -0.4 is 11.0 Å². The molecule has 0 saturated carbocycles. The maximum Gasteiger partial charge on any atom is 0.328 e. The topological polar surface area (TPSA) is 39.0 Å². The Morgan fingerprint density at radius 2 is 2.17 bits per heavy atom. The fraction of sp³-hybridized carbons (Fsp3) is 0.462. The first-order valence-corrected chi connectivity index (χ1v) is 7.12. The van der Waals surface area contributed by atoms with Gasteiger partial charge in [0.05, 0.1) is 0 Å². The van der Waals surface area contributed by atoms with E-state index in [2.05, 4.69) is 29.8 Å². The summed E-state index contributed by atoms with van der Waals surface area (Å²) in [7, 11) is 0. The highest BCUT2D eigenvalue weighted by Crippen LogP contribution is 2.17. The van der Waals surface area contributed by atoms with Crippen molar-refractivity contribution in [3.63, 3.8) is 0 Å². The zero-order valence-electron chi connectivity index (χ0n) is 10.8. The number of imidazole rings is 1. The van der Waals surface area contributed by atoms with Crippen molar-refractivity contribution >= 4 is 11.3 Å². The molecule has 98 valence electrons. The van der Waals surface area contributed by atoms with Gasteiger partial charge in [-0.15, -0.1) is 11.3 Å². The quantitative estimate of drug-likeness (QED) is 0.868. The lowest BCUT2D eigenvalue weighted by molar-refractivity contribution is 0.523. The minimum Gasteiger partial charge on any atom is -0.308 e. The Hall–Kier alpha value is -1.33. The number of nitrogens with one attached hydrogen (secondary N) is 1. The summed E-state index contributed by atoms with van der Waals surface area (Å²) in [5, 5.41) is 5.51. The molecule has 0 saturated heterocycles. The van der Waals surface area contributed by atoms with Crippen LogP contribution in [0.25, 0.3) is 0 Å². The molecule has 2 heterocycles. The predicted octanol–water partition coefficient (Wildman–Crippen LogP) is 2.08. The van der Waals surface area contributed by atoms with Crippen molar-refractivity contribution in [2.75, 3.05) is 6.54 Å². The first-order valence-electron chi connectivity index (χ1n) is 6.24. The van der Waals surface area contributed by atoms with Crippen molar-refractivity contribution in [2.24, 2.45) is 0 Å². The van der Waals surface area contributed by atoms with E-state index in [1.165, 1.54) is 4.88 Å². The summed E-state index contributed by atoms with van der Waals surface area (Å²) in [6.45, 7) is 6.35. The standard InChI is InChI=1S/C13H19N3OS/c1-3-15-8-9-16(13(15)17)7-6-14-11(2)12-5-4-10-18-12/h4-5,8-11,14H,3,6-7H2,1-2H3. The highest BCUT2D eigenvalue weighted by Gasteiger charge is 2.06. The van der Waals surface area contributed by atoms with Crippen molar-refractivity contribution in [1.29, 1.82) is 0 Å². The summed E-state index contributed by atoms with van der Waals surface area (Å²) < 4.78 is 3.46. The molecule has 0 radical (unpaired) electrons. The average molecular weight is 265 g/mol. The lowest BCUT2D eigenvalue weighted by atomic mass is 10.3. The number of hydrogen-bond acceptors (Lipinski definition) is 3. The number of aryl methyl sites for hydroxylation is 1. The van der Waals surface area contributed by atoms with Gasteiger partial charge in [-0.2, -0.15) is 0 Å². The van der Waals surface area contributed by atoms with Gasteiger partial charge in [0.25, 0.3) is 0 Å². The number of rotatable bonds is 6. The van der Waals surface area contributed by atoms with Crippen LogP contribution in [-0.4, -0.2) is 15.7 Å². The molecule has 5 heteroatoms. The van der Waals surface area contributed by atoms with E-state index < -0.39 is 0 Å². The Kier molecular flexibility index (Phi) is 4.38. The zero-order valence-corrected chi connectivity index (χ0v) is 11.6. The monoisotopic (exact) mass is 265 g/mol. The van der Waals surface area contributed by atoms with Crippen LogP contribution in [0.4, 0.5) is 0 Å². The second kappa shape index (κ2) is 6.02. The molecule has 1 unspecified atom stereocenters. The number of nitrogens with zero attached hydrogens (tertiary/aromatic N) is 2. The van der Waals surface area contributed by atoms with E-state index in [0.717, 1.165) is 13.1 Å². The first kappa shape index (κ1) is 13.1. The maximum absolute atomic E-state index is 11.8. The van der Waals surface area contributed by atoms with Crippen LogP contribution in [0, 0.1) is 0 Å². The van der Waals surface area contributed by atoms with Crippen LogP contribution >= 0.6 is 11.3 Å². The number of aromatic nitrogens is 2. The van der Waals surface area contributed by atoms with Gasteiger partial charge in [-0.25, -0.2) is 4.79 Å². The molecule has 4 nitrogen and oxygen atoms in total. The summed E-state index contributed by atoms with van der Waals surface area (Å²) in [5.74, 6) is 0. The highest BCUT2D eigenvalue weighted by molar-refractivity contribution is 7.10. The third-order valence-corrected chi connectivity index (χ3v) is 4.09. The van der Waals surface area contributed by atoms with Crippen LogP contribution in [0.3, 0.4) is 0 Å². The van der Waals surface area contributed by atoms with Gasteiger partial charge >= 0.3 is 5.69 Å². The van der Waals surface area contributed by atoms with Gasteiger partial charge in [0.15, 0.2) is 0 Å². The number of thiophene rings is 1. The minimum absolute atomic E-state index is 0.0723. The van der Waals surface area contributed by atoms with Crippen LogP contribution in [-0.2, 0) is 13.1 Å². The molecule has 18 heavy (non-hydrogen) atoms. The molecule has 0 fully saturated rings. The summed E-state index contributed by atoms with van der Waals surface area (Å²) in [6.07, 6.45) is 3.69. The molecule has 2 aromatic rings. The van der Waals surface area contributed by atoms with Crippen LogP contribution in [0.5, 0.6) is 0 Å². The van der Waals surface area contributed by atoms with E-state index >= 15 is 0 Å². The van der Waals surface area contributed by atoms with Gasteiger partial charge in [0.1, 0.15) is 0 Å². The highest BCUT2D eigenvalue weighted by atomic mass is 32.1. The number of hydrogen-bond donors (Lipinski definition) is 1. The molecule has 2 rings (SSSR count). The largest absolute Gasteiger partial charge is 0.328 e. The summed E-state index contributed by atoms with van der Waals surface area (Å²) in [6, 6.07) is 4.53. The Bertz CT molecular complexity index is 527. The van der Waals surface area contributed by atoms with Crippen molar-refractivity contribution in [1.82, 2.24) is 14.5 Å². The molecular formula is C13H19N3OS. The second-order valence-electron chi connectivity index (χ2n) is 4.25. The van der Waals surface area contributed by atoms with E-state index in [4.69, 9.17) is 0 Å². The average Bonchev–Trinajstić information content (AvgIpc) is 3.00. The van der Waals surface area contributed by atoms with E-state index in [0.29, 0.717) is 12.6 Å². The van der Waals surface area contributed by atoms with Gasteiger partial charge in [0, 0.05) is 42.9 Å². The molecule has 0 aliphatic carbocycles. The molecular weight excluding hydrogens is 246 g/mol. The van der Waals surface area contributed by atoms with Gasteiger partial charge in [-0.05, 0) is 25.3 Å². The molecule has 2 aromatic heterocycles. The first-order chi connectivity index (χ1) is 8.72. The van der Waals surface area contributed by atoms with E-state index in [-0.39, 0.29) is 5.69 Å². The van der Waals surface area contributed by atoms with Gasteiger partial charge in [-0.3, -0.25) is 9.13 Å². The summed E-state index contributed by atoms with van der Waals surface area (Å²) >= 11 is 1.75. The lowest BCUT2D eigenvalue weighted by Gasteiger charge is -2.11. The van der Waals surface area contributed by atoms with Crippen molar-refractivity contribution in [2.45, 2.75) is 33.0 Å². The fourth-order valence-electron chi connectivity index (χ4n) is 1.90. The molecule has 0 bridgehead atoms. The van der Waals surface area contributed by atoms with E-state index in [1.54, 1.807) is 20.5 Å². The van der Waals surface area contributed by atoms with Crippen LogP contribution in [0.15, 0.2) is 34.7 Å². The molecule has 0 aromatic carbocycles. The van der Waals surface area contributed by atoms with E-state index in [9.17, 15) is 4.79 Å². The molecule has 0 amide bonds. The SMILES string of the molecule is CCn1ccn(CCNC(C)c2cccs2)c1=O. The van der Waals surface area contributed by atoms with Gasteiger partial charge in [-0.1, -0.05) is 6.07 Å². The Morgan fingerprint density at radius 3 is 2.78 bits per heavy atom. The molecule has 0 aliphatic rings. The van der Waals surface area contributed by atoms with Crippen LogP contribution in [0.1, 0.15) is 24.8 Å². The summed E-state index contributed by atoms with van der Waals surface area (Å²) in [5.41, 5.74) is 0.0723.